The summed E-state index contributed by atoms with van der Waals surface area (Å²) in [6.07, 6.45) is -2.23. The Bertz CT molecular complexity index is 581. The zero-order valence-corrected chi connectivity index (χ0v) is 12.8. The molecule has 0 bridgehead atoms. The largest absolute Gasteiger partial charge is 0.443 e. The topological polar surface area (TPSA) is 24.9 Å². The second-order valence-corrected chi connectivity index (χ2v) is 6.00. The molecule has 1 aromatic carbocycles. The summed E-state index contributed by atoms with van der Waals surface area (Å²) in [4.78, 5) is 4.03. The van der Waals surface area contributed by atoms with E-state index in [-0.39, 0.29) is 6.04 Å². The molecule has 2 nitrogen and oxygen atoms in total. The molecule has 0 spiro atoms. The Morgan fingerprint density at radius 2 is 1.95 bits per heavy atom. The van der Waals surface area contributed by atoms with E-state index in [1.165, 1.54) is 6.20 Å². The van der Waals surface area contributed by atoms with Crippen molar-refractivity contribution in [1.29, 1.82) is 0 Å². The quantitative estimate of drug-likeness (QED) is 0.840. The number of benzene rings is 1. The number of hydrogen-bond acceptors (Lipinski definition) is 3. The van der Waals surface area contributed by atoms with Gasteiger partial charge in [0.15, 0.2) is 5.01 Å². The van der Waals surface area contributed by atoms with Gasteiger partial charge in [-0.15, -0.1) is 11.3 Å². The van der Waals surface area contributed by atoms with Gasteiger partial charge in [-0.05, 0) is 30.7 Å². The fourth-order valence-electron chi connectivity index (χ4n) is 1.88. The second kappa shape index (κ2) is 6.77. The van der Waals surface area contributed by atoms with Gasteiger partial charge in [0.1, 0.15) is 0 Å². The van der Waals surface area contributed by atoms with Gasteiger partial charge in [0.25, 0.3) is 0 Å². The number of aromatic nitrogens is 1. The highest BCUT2D eigenvalue weighted by Crippen LogP contribution is 2.36. The van der Waals surface area contributed by atoms with Crippen LogP contribution < -0.4 is 5.32 Å². The number of halogens is 4. The summed E-state index contributed by atoms with van der Waals surface area (Å²) in [6, 6.07) is 6.76. The maximum Gasteiger partial charge on any atom is 0.443 e. The summed E-state index contributed by atoms with van der Waals surface area (Å²) in [5.41, 5.74) is 0.866. The molecule has 0 saturated heterocycles. The highest BCUT2D eigenvalue weighted by Gasteiger charge is 2.35. The molecular weight excluding hydrogens is 321 g/mol. The first-order valence-electron chi connectivity index (χ1n) is 6.43. The van der Waals surface area contributed by atoms with Crippen LogP contribution in [0, 0.1) is 0 Å². The Morgan fingerprint density at radius 3 is 2.48 bits per heavy atom. The molecule has 1 atom stereocenters. The molecule has 1 unspecified atom stereocenters. The van der Waals surface area contributed by atoms with E-state index < -0.39 is 11.2 Å². The molecule has 1 heterocycles. The van der Waals surface area contributed by atoms with Crippen molar-refractivity contribution in [3.05, 3.63) is 50.9 Å². The van der Waals surface area contributed by atoms with Gasteiger partial charge in [0.2, 0.25) is 0 Å². The van der Waals surface area contributed by atoms with Crippen molar-refractivity contribution < 1.29 is 13.2 Å². The Labute approximate surface area is 130 Å². The van der Waals surface area contributed by atoms with Crippen molar-refractivity contribution in [2.24, 2.45) is 0 Å². The molecule has 0 aliphatic heterocycles. The van der Waals surface area contributed by atoms with Gasteiger partial charge in [-0.3, -0.25) is 0 Å². The molecule has 7 heteroatoms. The minimum Gasteiger partial charge on any atom is -0.306 e. The smallest absolute Gasteiger partial charge is 0.306 e. The first-order chi connectivity index (χ1) is 9.91. The van der Waals surface area contributed by atoms with E-state index >= 15 is 0 Å². The average Bonchev–Trinajstić information content (AvgIpc) is 2.91. The lowest BCUT2D eigenvalue weighted by atomic mass is 10.1. The number of alkyl halides is 3. The van der Waals surface area contributed by atoms with E-state index in [1.807, 2.05) is 19.1 Å². The standard InChI is InChI=1S/C14H14ClF3N2S/c1-2-7-19-12(9-3-5-10(15)6-4-9)11-8-20-13(21-11)14(16,17)18/h3-6,8,12,19H,2,7H2,1H3. The third-order valence-corrected chi connectivity index (χ3v) is 4.21. The molecule has 0 radical (unpaired) electrons. The molecule has 2 rings (SSSR count). The van der Waals surface area contributed by atoms with Crippen molar-refractivity contribution in [2.75, 3.05) is 6.54 Å². The highest BCUT2D eigenvalue weighted by molar-refractivity contribution is 7.11. The summed E-state index contributed by atoms with van der Waals surface area (Å²) in [6.45, 7) is 2.70. The van der Waals surface area contributed by atoms with Crippen molar-refractivity contribution in [3.8, 4) is 0 Å². The molecule has 114 valence electrons. The fourth-order valence-corrected chi connectivity index (χ4v) is 2.89. The molecule has 0 saturated carbocycles. The SMILES string of the molecule is CCCNC(c1ccc(Cl)cc1)c1cnc(C(F)(F)F)s1. The lowest BCUT2D eigenvalue weighted by molar-refractivity contribution is -0.137. The van der Waals surface area contributed by atoms with Gasteiger partial charge in [-0.1, -0.05) is 30.7 Å². The van der Waals surface area contributed by atoms with E-state index in [4.69, 9.17) is 11.6 Å². The van der Waals surface area contributed by atoms with Gasteiger partial charge in [0, 0.05) is 16.1 Å². The van der Waals surface area contributed by atoms with Crippen molar-refractivity contribution in [2.45, 2.75) is 25.6 Å². The van der Waals surface area contributed by atoms with Crippen LogP contribution in [0.3, 0.4) is 0 Å². The maximum absolute atomic E-state index is 12.7. The van der Waals surface area contributed by atoms with Crippen LogP contribution in [0.15, 0.2) is 30.5 Å². The Balaban J connectivity index is 2.31. The summed E-state index contributed by atoms with van der Waals surface area (Å²) in [7, 11) is 0. The molecule has 21 heavy (non-hydrogen) atoms. The van der Waals surface area contributed by atoms with Crippen LogP contribution in [-0.2, 0) is 6.18 Å². The lowest BCUT2D eigenvalue weighted by Crippen LogP contribution is -2.22. The predicted octanol–water partition coefficient (Wildman–Crippen LogP) is 4.90. The summed E-state index contributed by atoms with van der Waals surface area (Å²) in [5.74, 6) is 0. The van der Waals surface area contributed by atoms with Crippen molar-refractivity contribution in [1.82, 2.24) is 10.3 Å². The van der Waals surface area contributed by atoms with E-state index in [0.29, 0.717) is 27.8 Å². The average molecular weight is 335 g/mol. The van der Waals surface area contributed by atoms with E-state index in [1.54, 1.807) is 12.1 Å². The number of rotatable bonds is 5. The van der Waals surface area contributed by atoms with Gasteiger partial charge < -0.3 is 5.32 Å². The zero-order chi connectivity index (χ0) is 15.5. The third kappa shape index (κ3) is 4.18. The van der Waals surface area contributed by atoms with Crippen LogP contribution in [0.2, 0.25) is 5.02 Å². The Kier molecular flexibility index (Phi) is 5.24. The zero-order valence-electron chi connectivity index (χ0n) is 11.2. The summed E-state index contributed by atoms with van der Waals surface area (Å²) in [5, 5.41) is 3.01. The van der Waals surface area contributed by atoms with E-state index in [2.05, 4.69) is 10.3 Å². The molecular formula is C14H14ClF3N2S. The minimum absolute atomic E-state index is 0.309. The van der Waals surface area contributed by atoms with Crippen LogP contribution >= 0.6 is 22.9 Å². The van der Waals surface area contributed by atoms with Crippen molar-refractivity contribution in [3.63, 3.8) is 0 Å². The molecule has 0 amide bonds. The van der Waals surface area contributed by atoms with Gasteiger partial charge in [-0.25, -0.2) is 4.98 Å². The second-order valence-electron chi connectivity index (χ2n) is 4.50. The summed E-state index contributed by atoms with van der Waals surface area (Å²) < 4.78 is 38.0. The number of nitrogens with one attached hydrogen (secondary N) is 1. The van der Waals surface area contributed by atoms with Crippen LogP contribution in [0.1, 0.15) is 34.8 Å². The molecule has 0 aliphatic rings. The maximum atomic E-state index is 12.7. The van der Waals surface area contributed by atoms with Gasteiger partial charge in [-0.2, -0.15) is 13.2 Å². The molecule has 1 aromatic heterocycles. The van der Waals surface area contributed by atoms with Gasteiger partial charge >= 0.3 is 6.18 Å². The highest BCUT2D eigenvalue weighted by atomic mass is 35.5. The molecule has 0 fully saturated rings. The van der Waals surface area contributed by atoms with Crippen LogP contribution in [0.5, 0.6) is 0 Å². The van der Waals surface area contributed by atoms with E-state index in [9.17, 15) is 13.2 Å². The van der Waals surface area contributed by atoms with Gasteiger partial charge in [0.05, 0.1) is 6.04 Å². The third-order valence-electron chi connectivity index (χ3n) is 2.85. The number of nitrogens with zero attached hydrogens (tertiary/aromatic N) is 1. The number of thiazole rings is 1. The molecule has 1 N–H and O–H groups in total. The molecule has 0 aliphatic carbocycles. The van der Waals surface area contributed by atoms with Crippen molar-refractivity contribution >= 4 is 22.9 Å². The Morgan fingerprint density at radius 1 is 1.29 bits per heavy atom. The van der Waals surface area contributed by atoms with Crippen LogP contribution in [0.25, 0.3) is 0 Å². The van der Waals surface area contributed by atoms with Crippen LogP contribution in [-0.4, -0.2) is 11.5 Å². The fraction of sp³-hybridized carbons (Fsp3) is 0.357. The van der Waals surface area contributed by atoms with E-state index in [0.717, 1.165) is 12.0 Å². The molecule has 2 aromatic rings. The monoisotopic (exact) mass is 334 g/mol. The summed E-state index contributed by atoms with van der Waals surface area (Å²) >= 11 is 6.52. The predicted molar refractivity (Wildman–Crippen MR) is 78.7 cm³/mol. The Hall–Kier alpha value is -1.11. The lowest BCUT2D eigenvalue weighted by Gasteiger charge is -2.17. The minimum atomic E-state index is -4.40. The normalized spacial score (nSPS) is 13.4. The first-order valence-corrected chi connectivity index (χ1v) is 7.63. The first kappa shape index (κ1) is 16.3. The van der Waals surface area contributed by atoms with Crippen LogP contribution in [0.4, 0.5) is 13.2 Å². The number of hydrogen-bond donors (Lipinski definition) is 1.